The molecule has 0 saturated heterocycles. The van der Waals surface area contributed by atoms with Crippen LogP contribution in [0.15, 0.2) is 186 Å². The Labute approximate surface area is 313 Å². The Kier molecular flexibility index (Phi) is 6.60. The molecule has 0 bridgehead atoms. The molecule has 0 atom stereocenters. The van der Waals surface area contributed by atoms with Crippen LogP contribution in [-0.4, -0.2) is 0 Å². The van der Waals surface area contributed by atoms with Gasteiger partial charge in [0, 0.05) is 38.9 Å². The summed E-state index contributed by atoms with van der Waals surface area (Å²) in [5.74, 6) is 0. The molecule has 0 fully saturated rings. The summed E-state index contributed by atoms with van der Waals surface area (Å²) in [4.78, 5) is 4.85. The molecule has 256 valence electrons. The Bertz CT molecular complexity index is 3090. The van der Waals surface area contributed by atoms with Crippen LogP contribution in [-0.2, 0) is 5.41 Å². The average molecular weight is 693 g/mol. The van der Waals surface area contributed by atoms with Crippen molar-refractivity contribution in [1.29, 1.82) is 0 Å². The molecule has 1 aromatic heterocycles. The Balaban J connectivity index is 1.17. The van der Waals surface area contributed by atoms with Crippen LogP contribution in [0.25, 0.3) is 54.3 Å². The van der Waals surface area contributed by atoms with Crippen molar-refractivity contribution in [2.75, 3.05) is 9.80 Å². The molecule has 0 unspecified atom stereocenters. The first kappa shape index (κ1) is 30.8. The quantitative estimate of drug-likeness (QED) is 0.171. The van der Waals surface area contributed by atoms with Crippen molar-refractivity contribution >= 4 is 88.4 Å². The minimum Gasteiger partial charge on any atom is -0.456 e. The maximum Gasteiger partial charge on any atom is 0.135 e. The molecule has 0 N–H and O–H groups in total. The number of nitrogens with zero attached hydrogens (tertiary/aromatic N) is 2. The van der Waals surface area contributed by atoms with Crippen molar-refractivity contribution < 1.29 is 4.42 Å². The van der Waals surface area contributed by atoms with Gasteiger partial charge in [-0.1, -0.05) is 117 Å². The lowest BCUT2D eigenvalue weighted by molar-refractivity contribution is 0.633. The number of rotatable bonds is 4. The molecule has 1 aliphatic rings. The number of benzene rings is 9. The van der Waals surface area contributed by atoms with Gasteiger partial charge < -0.3 is 14.2 Å². The normalized spacial score (nSPS) is 13.5. The van der Waals surface area contributed by atoms with Crippen molar-refractivity contribution in [3.05, 3.63) is 193 Å². The van der Waals surface area contributed by atoms with Crippen LogP contribution in [0.2, 0.25) is 0 Å². The van der Waals surface area contributed by atoms with Gasteiger partial charge in [-0.3, -0.25) is 0 Å². The smallest absolute Gasteiger partial charge is 0.135 e. The van der Waals surface area contributed by atoms with Gasteiger partial charge in [-0.25, -0.2) is 0 Å². The summed E-state index contributed by atoms with van der Waals surface area (Å²) in [5.41, 5.74) is 10.9. The van der Waals surface area contributed by atoms with Gasteiger partial charge in [0.05, 0.1) is 11.4 Å². The molecule has 0 saturated carbocycles. The van der Waals surface area contributed by atoms with E-state index in [1.807, 2.05) is 12.1 Å². The molecule has 3 nitrogen and oxygen atoms in total. The molecule has 9 aromatic carbocycles. The summed E-state index contributed by atoms with van der Waals surface area (Å²) >= 11 is 0. The van der Waals surface area contributed by atoms with Crippen LogP contribution in [0.4, 0.5) is 34.1 Å². The molecule has 3 heteroatoms. The first-order valence-electron chi connectivity index (χ1n) is 18.7. The van der Waals surface area contributed by atoms with Crippen LogP contribution >= 0.6 is 0 Å². The fraction of sp³-hybridized carbons (Fsp3) is 0.0588. The Morgan fingerprint density at radius 2 is 0.907 bits per heavy atom. The number of para-hydroxylation sites is 3. The predicted octanol–water partition coefficient (Wildman–Crippen LogP) is 14.6. The van der Waals surface area contributed by atoms with E-state index in [-0.39, 0.29) is 5.41 Å². The summed E-state index contributed by atoms with van der Waals surface area (Å²) in [7, 11) is 0. The molecule has 0 aliphatic carbocycles. The van der Waals surface area contributed by atoms with Crippen LogP contribution in [0.3, 0.4) is 0 Å². The van der Waals surface area contributed by atoms with Gasteiger partial charge in [-0.05, 0) is 122 Å². The van der Waals surface area contributed by atoms with E-state index in [0.717, 1.165) is 44.7 Å². The van der Waals surface area contributed by atoms with E-state index >= 15 is 0 Å². The Hall–Kier alpha value is -6.84. The molecule has 1 aliphatic heterocycles. The highest BCUT2D eigenvalue weighted by Crippen LogP contribution is 2.55. The Morgan fingerprint density at radius 3 is 1.61 bits per heavy atom. The zero-order valence-corrected chi connectivity index (χ0v) is 30.1. The highest BCUT2D eigenvalue weighted by atomic mass is 16.3. The number of hydrogen-bond donors (Lipinski definition) is 0. The van der Waals surface area contributed by atoms with Crippen LogP contribution in [0.1, 0.15) is 25.0 Å². The highest BCUT2D eigenvalue weighted by Gasteiger charge is 2.38. The van der Waals surface area contributed by atoms with Crippen molar-refractivity contribution in [3.8, 4) is 0 Å². The number of furan rings is 1. The molecule has 10 aromatic rings. The summed E-state index contributed by atoms with van der Waals surface area (Å²) in [6.45, 7) is 4.78. The lowest BCUT2D eigenvalue weighted by Gasteiger charge is -2.43. The lowest BCUT2D eigenvalue weighted by atomic mass is 9.72. The van der Waals surface area contributed by atoms with E-state index in [1.165, 1.54) is 54.8 Å². The zero-order valence-electron chi connectivity index (χ0n) is 30.1. The molecule has 54 heavy (non-hydrogen) atoms. The van der Waals surface area contributed by atoms with Gasteiger partial charge in [0.2, 0.25) is 0 Å². The van der Waals surface area contributed by atoms with E-state index in [1.54, 1.807) is 0 Å². The van der Waals surface area contributed by atoms with Gasteiger partial charge in [-0.15, -0.1) is 0 Å². The summed E-state index contributed by atoms with van der Waals surface area (Å²) in [6.07, 6.45) is 0. The number of anilines is 6. The second kappa shape index (κ2) is 11.6. The molecular weight excluding hydrogens is 657 g/mol. The van der Waals surface area contributed by atoms with Gasteiger partial charge in [-0.2, -0.15) is 0 Å². The van der Waals surface area contributed by atoms with Gasteiger partial charge in [0.1, 0.15) is 11.2 Å². The molecule has 11 rings (SSSR count). The zero-order chi connectivity index (χ0) is 36.0. The third-order valence-corrected chi connectivity index (χ3v) is 11.6. The van der Waals surface area contributed by atoms with Gasteiger partial charge >= 0.3 is 0 Å². The molecule has 2 heterocycles. The van der Waals surface area contributed by atoms with E-state index in [9.17, 15) is 0 Å². The van der Waals surface area contributed by atoms with E-state index < -0.39 is 0 Å². The minimum atomic E-state index is -0.319. The van der Waals surface area contributed by atoms with Crippen molar-refractivity contribution in [3.63, 3.8) is 0 Å². The van der Waals surface area contributed by atoms with Crippen LogP contribution in [0, 0.1) is 0 Å². The first-order chi connectivity index (χ1) is 26.5. The molecule has 0 amide bonds. The van der Waals surface area contributed by atoms with Gasteiger partial charge in [0.15, 0.2) is 0 Å². The molecular formula is C51H36N2O. The topological polar surface area (TPSA) is 19.6 Å². The molecule has 0 radical (unpaired) electrons. The highest BCUT2D eigenvalue weighted by molar-refractivity contribution is 6.26. The average Bonchev–Trinajstić information content (AvgIpc) is 3.60. The number of hydrogen-bond acceptors (Lipinski definition) is 3. The van der Waals surface area contributed by atoms with E-state index in [4.69, 9.17) is 4.42 Å². The second-order valence-electron chi connectivity index (χ2n) is 15.0. The van der Waals surface area contributed by atoms with Gasteiger partial charge in [0.25, 0.3) is 0 Å². The Morgan fingerprint density at radius 1 is 0.389 bits per heavy atom. The predicted molar refractivity (Wildman–Crippen MR) is 228 cm³/mol. The second-order valence-corrected chi connectivity index (χ2v) is 15.0. The third-order valence-electron chi connectivity index (χ3n) is 11.6. The first-order valence-corrected chi connectivity index (χ1v) is 18.7. The standard InChI is InChI=1S/C51H36N2O/c1-51(2)45-30-36(52(33-15-5-3-6-16-33)35-26-28-50-44(29-35)41-23-13-14-24-49(41)54-50)25-27-47(45)53(34-17-7-4-8-18-34)48-32-43-40-22-12-10-20-38(40)37-19-9-11-21-39(37)42(43)31-46(48)51/h3-32H,1-2H3. The molecule has 0 spiro atoms. The minimum absolute atomic E-state index is 0.319. The SMILES string of the molecule is CC1(C)c2cc(N(c3ccccc3)c3ccc4oc5ccccc5c4c3)ccc2N(c2ccccc2)c2cc3c4ccccc4c4ccccc4c3cc21. The third kappa shape index (κ3) is 4.48. The lowest BCUT2D eigenvalue weighted by Crippen LogP contribution is -2.31. The largest absolute Gasteiger partial charge is 0.456 e. The van der Waals surface area contributed by atoms with Crippen molar-refractivity contribution in [2.45, 2.75) is 19.3 Å². The fourth-order valence-electron chi connectivity index (χ4n) is 8.99. The fourth-order valence-corrected chi connectivity index (χ4v) is 8.99. The maximum atomic E-state index is 6.24. The van der Waals surface area contributed by atoms with Crippen LogP contribution in [0.5, 0.6) is 0 Å². The van der Waals surface area contributed by atoms with Crippen molar-refractivity contribution in [1.82, 2.24) is 0 Å². The maximum absolute atomic E-state index is 6.24. The van der Waals surface area contributed by atoms with E-state index in [0.29, 0.717) is 0 Å². The summed E-state index contributed by atoms with van der Waals surface area (Å²) < 4.78 is 6.24. The van der Waals surface area contributed by atoms with Crippen molar-refractivity contribution in [2.24, 2.45) is 0 Å². The van der Waals surface area contributed by atoms with Crippen LogP contribution < -0.4 is 9.80 Å². The van der Waals surface area contributed by atoms with E-state index in [2.05, 4.69) is 194 Å². The monoisotopic (exact) mass is 692 g/mol. The summed E-state index contributed by atoms with van der Waals surface area (Å²) in [5, 5.41) is 9.93. The number of fused-ring (bicyclic) bond motifs is 11. The summed E-state index contributed by atoms with van der Waals surface area (Å²) in [6, 6.07) is 66.0.